The van der Waals surface area contributed by atoms with E-state index in [0.717, 1.165) is 16.5 Å². The smallest absolute Gasteiger partial charge is 0.481 e. The van der Waals surface area contributed by atoms with Crippen LogP contribution in [0.3, 0.4) is 0 Å². The lowest BCUT2D eigenvalue weighted by atomic mass is 9.80. The summed E-state index contributed by atoms with van der Waals surface area (Å²) in [5.74, 6) is -3.94. The SMILES string of the molecule is O=C(O)C(F)(F)F.O=C(O)C1CCC(F)(CNCc2ccc3occc3c2)CC1. The minimum absolute atomic E-state index is 0.267. The van der Waals surface area contributed by atoms with Gasteiger partial charge in [0.05, 0.1) is 12.2 Å². The summed E-state index contributed by atoms with van der Waals surface area (Å²) in [6.07, 6.45) is -1.95. The van der Waals surface area contributed by atoms with Gasteiger partial charge in [0, 0.05) is 18.5 Å². The van der Waals surface area contributed by atoms with Crippen molar-refractivity contribution in [1.29, 1.82) is 0 Å². The van der Waals surface area contributed by atoms with Crippen molar-refractivity contribution in [2.75, 3.05) is 6.54 Å². The Morgan fingerprint density at radius 1 is 1.17 bits per heavy atom. The number of aliphatic carboxylic acids is 2. The molecule has 0 amide bonds. The topological polar surface area (TPSA) is 99.8 Å². The maximum atomic E-state index is 14.6. The zero-order chi connectivity index (χ0) is 21.7. The number of carbonyl (C=O) groups is 2. The fourth-order valence-corrected chi connectivity index (χ4v) is 3.12. The first-order valence-electron chi connectivity index (χ1n) is 8.89. The maximum absolute atomic E-state index is 14.6. The van der Waals surface area contributed by atoms with E-state index >= 15 is 0 Å². The van der Waals surface area contributed by atoms with E-state index in [0.29, 0.717) is 32.2 Å². The van der Waals surface area contributed by atoms with Gasteiger partial charge < -0.3 is 19.9 Å². The Labute approximate surface area is 163 Å². The number of carboxylic acid groups (broad SMARTS) is 2. The molecular formula is C19H21F4NO5. The molecule has 0 spiro atoms. The molecule has 1 aromatic heterocycles. The van der Waals surface area contributed by atoms with Crippen molar-refractivity contribution >= 4 is 22.9 Å². The average Bonchev–Trinajstić information content (AvgIpc) is 3.09. The minimum atomic E-state index is -5.08. The first-order valence-corrected chi connectivity index (χ1v) is 8.89. The van der Waals surface area contributed by atoms with Crippen LogP contribution in [-0.2, 0) is 16.1 Å². The lowest BCUT2D eigenvalue weighted by Crippen LogP contribution is -2.40. The Morgan fingerprint density at radius 2 is 1.79 bits per heavy atom. The van der Waals surface area contributed by atoms with Crippen LogP contribution in [0, 0.1) is 5.92 Å². The van der Waals surface area contributed by atoms with Crippen molar-refractivity contribution in [3.8, 4) is 0 Å². The molecule has 1 heterocycles. The van der Waals surface area contributed by atoms with Crippen LogP contribution in [0.25, 0.3) is 11.0 Å². The molecule has 160 valence electrons. The molecule has 0 unspecified atom stereocenters. The van der Waals surface area contributed by atoms with E-state index in [1.54, 1.807) is 6.26 Å². The Balaban J connectivity index is 0.000000370. The molecule has 1 aromatic carbocycles. The third kappa shape index (κ3) is 6.74. The van der Waals surface area contributed by atoms with Crippen molar-refractivity contribution in [2.24, 2.45) is 5.92 Å². The highest BCUT2D eigenvalue weighted by molar-refractivity contribution is 5.77. The summed E-state index contributed by atoms with van der Waals surface area (Å²) >= 11 is 0. The Hall–Kier alpha value is -2.62. The number of alkyl halides is 4. The molecule has 0 atom stereocenters. The molecule has 1 saturated carbocycles. The molecule has 0 aliphatic heterocycles. The molecule has 0 radical (unpaired) electrons. The molecular weight excluding hydrogens is 398 g/mol. The Kier molecular flexibility index (Phi) is 7.23. The molecule has 3 rings (SSSR count). The summed E-state index contributed by atoms with van der Waals surface area (Å²) in [5.41, 5.74) is 0.639. The standard InChI is InChI=1S/C17H20FNO3.C2HF3O2/c18-17(6-3-13(4-7-17)16(20)21)11-19-10-12-1-2-15-14(9-12)5-8-22-15;3-2(4,5)1(6)7/h1-2,5,8-9,13,19H,3-4,6-7,10-11H2,(H,20,21);(H,6,7). The number of hydrogen-bond acceptors (Lipinski definition) is 4. The van der Waals surface area contributed by atoms with Crippen LogP contribution in [-0.4, -0.2) is 40.5 Å². The second kappa shape index (κ2) is 9.25. The first-order chi connectivity index (χ1) is 13.5. The summed E-state index contributed by atoms with van der Waals surface area (Å²) in [7, 11) is 0. The van der Waals surface area contributed by atoms with Gasteiger partial charge >= 0.3 is 18.1 Å². The fourth-order valence-electron chi connectivity index (χ4n) is 3.12. The Morgan fingerprint density at radius 3 is 2.34 bits per heavy atom. The van der Waals surface area contributed by atoms with Crippen LogP contribution in [0.2, 0.25) is 0 Å². The molecule has 29 heavy (non-hydrogen) atoms. The summed E-state index contributed by atoms with van der Waals surface area (Å²) in [6.45, 7) is 0.859. The van der Waals surface area contributed by atoms with E-state index in [-0.39, 0.29) is 12.5 Å². The molecule has 1 aliphatic rings. The monoisotopic (exact) mass is 419 g/mol. The van der Waals surface area contributed by atoms with Gasteiger partial charge in [0.25, 0.3) is 0 Å². The third-order valence-electron chi connectivity index (χ3n) is 4.76. The van der Waals surface area contributed by atoms with E-state index in [1.807, 2.05) is 24.3 Å². The quantitative estimate of drug-likeness (QED) is 0.630. The van der Waals surface area contributed by atoms with Crippen molar-refractivity contribution in [3.05, 3.63) is 36.1 Å². The summed E-state index contributed by atoms with van der Waals surface area (Å²) < 4.78 is 51.7. The lowest BCUT2D eigenvalue weighted by Gasteiger charge is -2.32. The van der Waals surface area contributed by atoms with Crippen molar-refractivity contribution in [3.63, 3.8) is 0 Å². The molecule has 10 heteroatoms. The fraction of sp³-hybridized carbons (Fsp3) is 0.474. The van der Waals surface area contributed by atoms with Gasteiger partial charge in [-0.15, -0.1) is 0 Å². The number of fused-ring (bicyclic) bond motifs is 1. The van der Waals surface area contributed by atoms with Gasteiger partial charge in [-0.2, -0.15) is 13.2 Å². The molecule has 1 fully saturated rings. The average molecular weight is 419 g/mol. The van der Waals surface area contributed by atoms with Crippen LogP contribution in [0.15, 0.2) is 34.9 Å². The zero-order valence-corrected chi connectivity index (χ0v) is 15.3. The van der Waals surface area contributed by atoms with Gasteiger partial charge in [0.1, 0.15) is 11.3 Å². The van der Waals surface area contributed by atoms with E-state index in [4.69, 9.17) is 19.4 Å². The molecule has 3 N–H and O–H groups in total. The van der Waals surface area contributed by atoms with E-state index < -0.39 is 23.8 Å². The Bertz CT molecular complexity index is 840. The first kappa shape index (κ1) is 22.7. The van der Waals surface area contributed by atoms with Gasteiger partial charge in [-0.3, -0.25) is 4.79 Å². The number of carboxylic acids is 2. The van der Waals surface area contributed by atoms with Gasteiger partial charge in [0.15, 0.2) is 0 Å². The van der Waals surface area contributed by atoms with Gasteiger partial charge in [-0.05, 0) is 49.4 Å². The molecule has 0 saturated heterocycles. The normalized spacial score (nSPS) is 22.0. The van der Waals surface area contributed by atoms with E-state index in [2.05, 4.69) is 5.32 Å². The number of rotatable bonds is 5. The second-order valence-electron chi connectivity index (χ2n) is 6.96. The lowest BCUT2D eigenvalue weighted by molar-refractivity contribution is -0.192. The van der Waals surface area contributed by atoms with Crippen LogP contribution in [0.4, 0.5) is 17.6 Å². The van der Waals surface area contributed by atoms with Gasteiger partial charge in [-0.25, -0.2) is 9.18 Å². The highest BCUT2D eigenvalue weighted by Crippen LogP contribution is 2.34. The van der Waals surface area contributed by atoms with Crippen LogP contribution >= 0.6 is 0 Å². The highest BCUT2D eigenvalue weighted by atomic mass is 19.4. The molecule has 2 aromatic rings. The van der Waals surface area contributed by atoms with Crippen molar-refractivity contribution in [1.82, 2.24) is 5.32 Å². The number of furan rings is 1. The molecule has 1 aliphatic carbocycles. The van der Waals surface area contributed by atoms with Gasteiger partial charge in [0.2, 0.25) is 0 Å². The molecule has 0 bridgehead atoms. The predicted octanol–water partition coefficient (Wildman–Crippen LogP) is 4.14. The van der Waals surface area contributed by atoms with Crippen molar-refractivity contribution < 1.29 is 41.8 Å². The summed E-state index contributed by atoms with van der Waals surface area (Å²) in [4.78, 5) is 19.8. The number of nitrogens with one attached hydrogen (secondary N) is 1. The predicted molar refractivity (Wildman–Crippen MR) is 95.0 cm³/mol. The number of halogens is 4. The molecule has 6 nitrogen and oxygen atoms in total. The third-order valence-corrected chi connectivity index (χ3v) is 4.76. The number of hydrogen-bond donors (Lipinski definition) is 3. The maximum Gasteiger partial charge on any atom is 0.490 e. The minimum Gasteiger partial charge on any atom is -0.481 e. The highest BCUT2D eigenvalue weighted by Gasteiger charge is 2.38. The van der Waals surface area contributed by atoms with E-state index in [1.165, 1.54) is 0 Å². The van der Waals surface area contributed by atoms with E-state index in [9.17, 15) is 22.4 Å². The zero-order valence-electron chi connectivity index (χ0n) is 15.3. The van der Waals surface area contributed by atoms with Gasteiger partial charge in [-0.1, -0.05) is 6.07 Å². The van der Waals surface area contributed by atoms with Crippen molar-refractivity contribution in [2.45, 2.75) is 44.1 Å². The van der Waals surface area contributed by atoms with Crippen LogP contribution in [0.1, 0.15) is 31.2 Å². The van der Waals surface area contributed by atoms with Crippen LogP contribution in [0.5, 0.6) is 0 Å². The largest absolute Gasteiger partial charge is 0.490 e. The van der Waals surface area contributed by atoms with Crippen LogP contribution < -0.4 is 5.32 Å². The summed E-state index contributed by atoms with van der Waals surface area (Å²) in [5, 5.41) is 20.3. The second-order valence-corrected chi connectivity index (χ2v) is 6.96. The number of benzene rings is 1. The summed E-state index contributed by atoms with van der Waals surface area (Å²) in [6, 6.07) is 7.81.